The highest BCUT2D eigenvalue weighted by molar-refractivity contribution is 5.54. The number of nitrogens with two attached hydrogens (primary N) is 1. The zero-order valence-electron chi connectivity index (χ0n) is 11.2. The van der Waals surface area contributed by atoms with E-state index in [1.165, 1.54) is 29.7 Å². The summed E-state index contributed by atoms with van der Waals surface area (Å²) >= 11 is 0. The fraction of sp³-hybridized carbons (Fsp3) is 0.312. The van der Waals surface area contributed by atoms with Crippen molar-refractivity contribution in [3.63, 3.8) is 0 Å². The highest BCUT2D eigenvalue weighted by Crippen LogP contribution is 2.34. The predicted octanol–water partition coefficient (Wildman–Crippen LogP) is 3.14. The van der Waals surface area contributed by atoms with Crippen LogP contribution in [0.2, 0.25) is 0 Å². The quantitative estimate of drug-likeness (QED) is 0.851. The summed E-state index contributed by atoms with van der Waals surface area (Å²) in [6.45, 7) is 3.07. The Bertz CT molecular complexity index is 558. The zero-order chi connectivity index (χ0) is 13.2. The van der Waals surface area contributed by atoms with Gasteiger partial charge in [0.2, 0.25) is 0 Å². The van der Waals surface area contributed by atoms with Gasteiger partial charge in [0.15, 0.2) is 0 Å². The van der Waals surface area contributed by atoms with Crippen molar-refractivity contribution >= 4 is 11.4 Å². The van der Waals surface area contributed by atoms with E-state index in [9.17, 15) is 0 Å². The van der Waals surface area contributed by atoms with Crippen LogP contribution in [0.4, 0.5) is 11.4 Å². The second-order valence-electron chi connectivity index (χ2n) is 5.26. The number of hydrogen-bond acceptors (Lipinski definition) is 3. The monoisotopic (exact) mass is 253 g/mol. The molecule has 0 bridgehead atoms. The van der Waals surface area contributed by atoms with Gasteiger partial charge in [-0.3, -0.25) is 4.98 Å². The van der Waals surface area contributed by atoms with Gasteiger partial charge in [0.25, 0.3) is 0 Å². The Hall–Kier alpha value is -2.03. The molecule has 1 fully saturated rings. The first-order chi connectivity index (χ1) is 9.24. The van der Waals surface area contributed by atoms with Crippen LogP contribution < -0.4 is 10.6 Å². The van der Waals surface area contributed by atoms with Gasteiger partial charge >= 0.3 is 0 Å². The van der Waals surface area contributed by atoms with Crippen molar-refractivity contribution in [2.75, 3.05) is 10.6 Å². The Morgan fingerprint density at radius 1 is 1.21 bits per heavy atom. The Balaban J connectivity index is 1.86. The number of anilines is 2. The molecule has 1 heterocycles. The van der Waals surface area contributed by atoms with E-state index in [1.807, 2.05) is 24.5 Å². The average molecular weight is 253 g/mol. The molecule has 19 heavy (non-hydrogen) atoms. The summed E-state index contributed by atoms with van der Waals surface area (Å²) < 4.78 is 0. The van der Waals surface area contributed by atoms with Gasteiger partial charge < -0.3 is 10.6 Å². The summed E-state index contributed by atoms with van der Waals surface area (Å²) in [5, 5.41) is 0. The van der Waals surface area contributed by atoms with Crippen LogP contribution >= 0.6 is 0 Å². The second kappa shape index (κ2) is 4.92. The smallest absolute Gasteiger partial charge is 0.0432 e. The van der Waals surface area contributed by atoms with Crippen LogP contribution in [0.5, 0.6) is 0 Å². The van der Waals surface area contributed by atoms with Crippen molar-refractivity contribution in [1.82, 2.24) is 4.98 Å². The van der Waals surface area contributed by atoms with E-state index in [0.29, 0.717) is 6.04 Å². The highest BCUT2D eigenvalue weighted by Gasteiger charge is 2.29. The third kappa shape index (κ3) is 2.70. The summed E-state index contributed by atoms with van der Waals surface area (Å²) in [5.74, 6) is 0. The van der Waals surface area contributed by atoms with E-state index in [2.05, 4.69) is 35.0 Å². The SMILES string of the molecule is Cc1cnccc1N(Cc1ccc(N)cc1)C1CC1. The molecule has 1 aliphatic rings. The Labute approximate surface area is 114 Å². The number of pyridine rings is 1. The van der Waals surface area contributed by atoms with Gasteiger partial charge in [-0.25, -0.2) is 0 Å². The van der Waals surface area contributed by atoms with Gasteiger partial charge in [0.1, 0.15) is 0 Å². The van der Waals surface area contributed by atoms with Crippen LogP contribution in [-0.2, 0) is 6.54 Å². The topological polar surface area (TPSA) is 42.2 Å². The molecule has 1 aromatic carbocycles. The number of rotatable bonds is 4. The average Bonchev–Trinajstić information content (AvgIpc) is 3.24. The highest BCUT2D eigenvalue weighted by atomic mass is 15.2. The van der Waals surface area contributed by atoms with Crippen molar-refractivity contribution in [3.8, 4) is 0 Å². The molecule has 3 rings (SSSR count). The van der Waals surface area contributed by atoms with Crippen molar-refractivity contribution in [1.29, 1.82) is 0 Å². The molecular formula is C16H19N3. The molecule has 1 aliphatic carbocycles. The van der Waals surface area contributed by atoms with Gasteiger partial charge in [-0.15, -0.1) is 0 Å². The van der Waals surface area contributed by atoms with Crippen LogP contribution in [0.3, 0.4) is 0 Å². The van der Waals surface area contributed by atoms with Gasteiger partial charge in [-0.2, -0.15) is 0 Å². The number of aryl methyl sites for hydroxylation is 1. The number of nitrogens with zero attached hydrogens (tertiary/aromatic N) is 2. The minimum absolute atomic E-state index is 0.679. The van der Waals surface area contributed by atoms with Crippen molar-refractivity contribution < 1.29 is 0 Å². The number of benzene rings is 1. The van der Waals surface area contributed by atoms with Crippen LogP contribution in [0.25, 0.3) is 0 Å². The van der Waals surface area contributed by atoms with E-state index in [-0.39, 0.29) is 0 Å². The molecule has 0 atom stereocenters. The Morgan fingerprint density at radius 2 is 1.95 bits per heavy atom. The molecule has 0 amide bonds. The largest absolute Gasteiger partial charge is 0.399 e. The molecule has 1 saturated carbocycles. The van der Waals surface area contributed by atoms with Gasteiger partial charge in [-0.05, 0) is 49.1 Å². The summed E-state index contributed by atoms with van der Waals surface area (Å²) in [7, 11) is 0. The maximum Gasteiger partial charge on any atom is 0.0432 e. The molecule has 0 aliphatic heterocycles. The molecule has 0 spiro atoms. The van der Waals surface area contributed by atoms with Crippen LogP contribution in [0, 0.1) is 6.92 Å². The maximum absolute atomic E-state index is 5.74. The lowest BCUT2D eigenvalue weighted by Crippen LogP contribution is -2.25. The molecule has 98 valence electrons. The van der Waals surface area contributed by atoms with Crippen LogP contribution in [-0.4, -0.2) is 11.0 Å². The first kappa shape index (κ1) is 12.0. The van der Waals surface area contributed by atoms with Gasteiger partial charge in [0.05, 0.1) is 0 Å². The standard InChI is InChI=1S/C16H19N3/c1-12-10-18-9-8-16(12)19(15-6-7-15)11-13-2-4-14(17)5-3-13/h2-5,8-10,15H,6-7,11,17H2,1H3. The second-order valence-corrected chi connectivity index (χ2v) is 5.26. The van der Waals surface area contributed by atoms with Crippen molar-refractivity contribution in [3.05, 3.63) is 53.9 Å². The lowest BCUT2D eigenvalue weighted by molar-refractivity contribution is 0.790. The number of aromatic nitrogens is 1. The molecular weight excluding hydrogens is 234 g/mol. The fourth-order valence-corrected chi connectivity index (χ4v) is 2.41. The first-order valence-electron chi connectivity index (χ1n) is 6.76. The third-order valence-electron chi connectivity index (χ3n) is 3.62. The molecule has 0 radical (unpaired) electrons. The maximum atomic E-state index is 5.74. The van der Waals surface area contributed by atoms with Crippen LogP contribution in [0.15, 0.2) is 42.7 Å². The minimum atomic E-state index is 0.679. The molecule has 0 saturated heterocycles. The summed E-state index contributed by atoms with van der Waals surface area (Å²) in [6, 6.07) is 11.0. The van der Waals surface area contributed by atoms with E-state index in [1.54, 1.807) is 0 Å². The van der Waals surface area contributed by atoms with Gasteiger partial charge in [-0.1, -0.05) is 12.1 Å². The van der Waals surface area contributed by atoms with Gasteiger partial charge in [0, 0.05) is 36.4 Å². The van der Waals surface area contributed by atoms with E-state index >= 15 is 0 Å². The molecule has 2 aromatic rings. The molecule has 3 nitrogen and oxygen atoms in total. The number of hydrogen-bond donors (Lipinski definition) is 1. The fourth-order valence-electron chi connectivity index (χ4n) is 2.41. The lowest BCUT2D eigenvalue weighted by atomic mass is 10.1. The van der Waals surface area contributed by atoms with E-state index in [4.69, 9.17) is 5.73 Å². The Morgan fingerprint density at radius 3 is 2.58 bits per heavy atom. The number of nitrogen functional groups attached to an aromatic ring is 1. The van der Waals surface area contributed by atoms with Crippen molar-refractivity contribution in [2.45, 2.75) is 32.4 Å². The molecule has 0 unspecified atom stereocenters. The van der Waals surface area contributed by atoms with Crippen molar-refractivity contribution in [2.24, 2.45) is 0 Å². The zero-order valence-corrected chi connectivity index (χ0v) is 11.2. The van der Waals surface area contributed by atoms with E-state index in [0.717, 1.165) is 12.2 Å². The first-order valence-corrected chi connectivity index (χ1v) is 6.76. The minimum Gasteiger partial charge on any atom is -0.399 e. The molecule has 1 aromatic heterocycles. The molecule has 3 heteroatoms. The Kier molecular flexibility index (Phi) is 3.11. The van der Waals surface area contributed by atoms with Crippen LogP contribution in [0.1, 0.15) is 24.0 Å². The summed E-state index contributed by atoms with van der Waals surface area (Å²) in [6.07, 6.45) is 6.39. The van der Waals surface area contributed by atoms with E-state index < -0.39 is 0 Å². The normalized spacial score (nSPS) is 14.4. The third-order valence-corrected chi connectivity index (χ3v) is 3.62. The predicted molar refractivity (Wildman–Crippen MR) is 79.0 cm³/mol. The summed E-state index contributed by atoms with van der Waals surface area (Å²) in [5.41, 5.74) is 10.4. The summed E-state index contributed by atoms with van der Waals surface area (Å²) in [4.78, 5) is 6.67. The lowest BCUT2D eigenvalue weighted by Gasteiger charge is -2.26. The molecule has 2 N–H and O–H groups in total.